The quantitative estimate of drug-likeness (QED) is 0.800. The summed E-state index contributed by atoms with van der Waals surface area (Å²) >= 11 is 0. The first kappa shape index (κ1) is 19.8. The molecule has 5 nitrogen and oxygen atoms in total. The Balaban J connectivity index is 1.98. The Labute approximate surface area is 155 Å². The van der Waals surface area contributed by atoms with E-state index in [4.69, 9.17) is 4.42 Å². The molecule has 0 saturated carbocycles. The zero-order chi connectivity index (χ0) is 19.3. The van der Waals surface area contributed by atoms with E-state index in [9.17, 15) is 9.59 Å². The van der Waals surface area contributed by atoms with Crippen molar-refractivity contribution in [3.63, 3.8) is 0 Å². The lowest BCUT2D eigenvalue weighted by atomic mass is 10.1. The van der Waals surface area contributed by atoms with Gasteiger partial charge in [0.15, 0.2) is 0 Å². The maximum Gasteiger partial charge on any atom is 0.257 e. The number of anilines is 1. The van der Waals surface area contributed by atoms with E-state index < -0.39 is 0 Å². The minimum atomic E-state index is -0.0951. The molecule has 0 atom stereocenters. The van der Waals surface area contributed by atoms with Crippen LogP contribution in [0.5, 0.6) is 0 Å². The standard InChI is InChI=1S/C21H28N2O3/c1-6-10-23(21(25)19-13-16(4)26-17(19)5)11-9-20(24)22-18-8-7-14(2)15(3)12-18/h7-8,12-13H,6,9-11H2,1-5H3,(H,22,24). The van der Waals surface area contributed by atoms with Crippen molar-refractivity contribution in [2.24, 2.45) is 0 Å². The topological polar surface area (TPSA) is 62.6 Å². The number of hydrogen-bond acceptors (Lipinski definition) is 3. The first-order valence-electron chi connectivity index (χ1n) is 9.05. The largest absolute Gasteiger partial charge is 0.466 e. The lowest BCUT2D eigenvalue weighted by Crippen LogP contribution is -2.34. The average molecular weight is 356 g/mol. The number of aryl methyl sites for hydroxylation is 4. The molecule has 0 radical (unpaired) electrons. The molecule has 1 aromatic heterocycles. The fourth-order valence-corrected chi connectivity index (χ4v) is 2.88. The van der Waals surface area contributed by atoms with Crippen molar-refractivity contribution in [3.8, 4) is 0 Å². The van der Waals surface area contributed by atoms with Gasteiger partial charge in [0.1, 0.15) is 11.5 Å². The molecule has 1 aromatic carbocycles. The van der Waals surface area contributed by atoms with Crippen molar-refractivity contribution in [3.05, 3.63) is 52.5 Å². The highest BCUT2D eigenvalue weighted by Crippen LogP contribution is 2.17. The van der Waals surface area contributed by atoms with Crippen LogP contribution in [0.25, 0.3) is 0 Å². The smallest absolute Gasteiger partial charge is 0.257 e. The van der Waals surface area contributed by atoms with Crippen molar-refractivity contribution in [1.82, 2.24) is 4.90 Å². The Bertz CT molecular complexity index is 793. The van der Waals surface area contributed by atoms with Crippen molar-refractivity contribution in [1.29, 1.82) is 0 Å². The van der Waals surface area contributed by atoms with Crippen LogP contribution in [0.1, 0.15) is 52.8 Å². The van der Waals surface area contributed by atoms with Gasteiger partial charge in [-0.2, -0.15) is 0 Å². The Kier molecular flexibility index (Phi) is 6.61. The van der Waals surface area contributed by atoms with E-state index in [1.54, 1.807) is 17.9 Å². The number of benzene rings is 1. The first-order valence-corrected chi connectivity index (χ1v) is 9.05. The molecule has 0 aliphatic heterocycles. The number of furan rings is 1. The maximum absolute atomic E-state index is 12.8. The highest BCUT2D eigenvalue weighted by atomic mass is 16.3. The summed E-state index contributed by atoms with van der Waals surface area (Å²) in [5, 5.41) is 2.91. The van der Waals surface area contributed by atoms with Gasteiger partial charge in [-0.05, 0) is 63.4 Å². The number of hydrogen-bond donors (Lipinski definition) is 1. The number of carbonyl (C=O) groups is 2. The summed E-state index contributed by atoms with van der Waals surface area (Å²) in [7, 11) is 0. The minimum Gasteiger partial charge on any atom is -0.466 e. The van der Waals surface area contributed by atoms with E-state index in [0.717, 1.165) is 23.4 Å². The van der Waals surface area contributed by atoms with Crippen LogP contribution in [0.3, 0.4) is 0 Å². The van der Waals surface area contributed by atoms with E-state index in [-0.39, 0.29) is 18.2 Å². The van der Waals surface area contributed by atoms with Gasteiger partial charge in [-0.1, -0.05) is 13.0 Å². The maximum atomic E-state index is 12.8. The molecule has 0 fully saturated rings. The highest BCUT2D eigenvalue weighted by molar-refractivity contribution is 5.96. The van der Waals surface area contributed by atoms with Gasteiger partial charge < -0.3 is 14.6 Å². The Hall–Kier alpha value is -2.56. The number of nitrogens with zero attached hydrogens (tertiary/aromatic N) is 1. The molecule has 0 bridgehead atoms. The van der Waals surface area contributed by atoms with Gasteiger partial charge in [0, 0.05) is 25.2 Å². The predicted molar refractivity (Wildman–Crippen MR) is 104 cm³/mol. The zero-order valence-electron chi connectivity index (χ0n) is 16.3. The fourth-order valence-electron chi connectivity index (χ4n) is 2.88. The third-order valence-electron chi connectivity index (χ3n) is 4.45. The van der Waals surface area contributed by atoms with Crippen molar-refractivity contribution in [2.45, 2.75) is 47.5 Å². The van der Waals surface area contributed by atoms with Crippen molar-refractivity contribution in [2.75, 3.05) is 18.4 Å². The summed E-state index contributed by atoms with van der Waals surface area (Å²) in [5.74, 6) is 1.16. The normalized spacial score (nSPS) is 10.7. The summed E-state index contributed by atoms with van der Waals surface area (Å²) in [6, 6.07) is 7.60. The fraction of sp³-hybridized carbons (Fsp3) is 0.429. The number of carbonyl (C=O) groups excluding carboxylic acids is 2. The molecule has 2 rings (SSSR count). The highest BCUT2D eigenvalue weighted by Gasteiger charge is 2.20. The molecule has 0 aliphatic carbocycles. The van der Waals surface area contributed by atoms with Crippen LogP contribution in [-0.2, 0) is 4.79 Å². The van der Waals surface area contributed by atoms with E-state index in [2.05, 4.69) is 5.32 Å². The van der Waals surface area contributed by atoms with E-state index >= 15 is 0 Å². The monoisotopic (exact) mass is 356 g/mol. The molecular formula is C21H28N2O3. The minimum absolute atomic E-state index is 0.0832. The molecule has 0 aliphatic rings. The number of rotatable bonds is 7. The molecule has 5 heteroatoms. The molecule has 0 unspecified atom stereocenters. The summed E-state index contributed by atoms with van der Waals surface area (Å²) in [6.07, 6.45) is 1.09. The molecular weight excluding hydrogens is 328 g/mol. The van der Waals surface area contributed by atoms with Crippen LogP contribution in [0, 0.1) is 27.7 Å². The predicted octanol–water partition coefficient (Wildman–Crippen LogP) is 4.39. The van der Waals surface area contributed by atoms with E-state index in [0.29, 0.717) is 24.4 Å². The van der Waals surface area contributed by atoms with Crippen molar-refractivity contribution < 1.29 is 14.0 Å². The van der Waals surface area contributed by atoms with Gasteiger partial charge in [0.25, 0.3) is 5.91 Å². The summed E-state index contributed by atoms with van der Waals surface area (Å²) in [6.45, 7) is 10.7. The van der Waals surface area contributed by atoms with E-state index in [1.807, 2.05) is 45.9 Å². The lowest BCUT2D eigenvalue weighted by Gasteiger charge is -2.21. The molecule has 2 amide bonds. The third-order valence-corrected chi connectivity index (χ3v) is 4.45. The molecule has 0 saturated heterocycles. The average Bonchev–Trinajstić information content (AvgIpc) is 2.92. The zero-order valence-corrected chi connectivity index (χ0v) is 16.3. The summed E-state index contributed by atoms with van der Waals surface area (Å²) in [5.41, 5.74) is 3.68. The second-order valence-electron chi connectivity index (χ2n) is 6.72. The van der Waals surface area contributed by atoms with Gasteiger partial charge >= 0.3 is 0 Å². The molecule has 140 valence electrons. The van der Waals surface area contributed by atoms with Gasteiger partial charge in [0.2, 0.25) is 5.91 Å². The molecule has 1 N–H and O–H groups in total. The van der Waals surface area contributed by atoms with Crippen LogP contribution in [-0.4, -0.2) is 29.8 Å². The van der Waals surface area contributed by atoms with E-state index in [1.165, 1.54) is 5.56 Å². The molecule has 0 spiro atoms. The van der Waals surface area contributed by atoms with Gasteiger partial charge in [0.05, 0.1) is 5.56 Å². The van der Waals surface area contributed by atoms with Crippen LogP contribution in [0.4, 0.5) is 5.69 Å². The van der Waals surface area contributed by atoms with Crippen LogP contribution in [0.2, 0.25) is 0 Å². The third kappa shape index (κ3) is 4.97. The summed E-state index contributed by atoms with van der Waals surface area (Å²) < 4.78 is 5.46. The van der Waals surface area contributed by atoms with Crippen LogP contribution < -0.4 is 5.32 Å². The Morgan fingerprint density at radius 2 is 1.77 bits per heavy atom. The van der Waals surface area contributed by atoms with Crippen LogP contribution >= 0.6 is 0 Å². The van der Waals surface area contributed by atoms with Gasteiger partial charge in [-0.3, -0.25) is 9.59 Å². The SMILES string of the molecule is CCCN(CCC(=O)Nc1ccc(C)c(C)c1)C(=O)c1cc(C)oc1C. The lowest BCUT2D eigenvalue weighted by molar-refractivity contribution is -0.116. The van der Waals surface area contributed by atoms with Gasteiger partial charge in [-0.25, -0.2) is 0 Å². The molecule has 26 heavy (non-hydrogen) atoms. The molecule has 1 heterocycles. The molecule has 2 aromatic rings. The first-order chi connectivity index (χ1) is 12.3. The van der Waals surface area contributed by atoms with Gasteiger partial charge in [-0.15, -0.1) is 0 Å². The van der Waals surface area contributed by atoms with Crippen LogP contribution in [0.15, 0.2) is 28.7 Å². The number of nitrogens with one attached hydrogen (secondary N) is 1. The second-order valence-corrected chi connectivity index (χ2v) is 6.72. The number of amides is 2. The summed E-state index contributed by atoms with van der Waals surface area (Å²) in [4.78, 5) is 26.8. The Morgan fingerprint density at radius 1 is 1.04 bits per heavy atom. The van der Waals surface area contributed by atoms with Crippen molar-refractivity contribution >= 4 is 17.5 Å². The Morgan fingerprint density at radius 3 is 2.35 bits per heavy atom. The second kappa shape index (κ2) is 8.70.